The van der Waals surface area contributed by atoms with Crippen LogP contribution >= 0.6 is 11.8 Å². The van der Waals surface area contributed by atoms with Crippen molar-refractivity contribution in [2.75, 3.05) is 5.75 Å². The first kappa shape index (κ1) is 17.7. The van der Waals surface area contributed by atoms with E-state index in [0.29, 0.717) is 0 Å². The summed E-state index contributed by atoms with van der Waals surface area (Å²) in [4.78, 5) is 11.9. The van der Waals surface area contributed by atoms with E-state index < -0.39 is 5.60 Å². The van der Waals surface area contributed by atoms with Gasteiger partial charge in [-0.1, -0.05) is 20.8 Å². The Morgan fingerprint density at radius 1 is 1.20 bits per heavy atom. The summed E-state index contributed by atoms with van der Waals surface area (Å²) in [7, 11) is 0. The molecule has 113 valence electrons. The normalized spacial score (nSPS) is 18.9. The van der Waals surface area contributed by atoms with Crippen LogP contribution < -0.4 is 5.32 Å². The minimum Gasteiger partial charge on any atom is -0.444 e. The van der Waals surface area contributed by atoms with Crippen molar-refractivity contribution in [1.82, 2.24) is 5.32 Å². The fraction of sp³-hybridized carbons (Fsp3) is 0.625. The van der Waals surface area contributed by atoms with E-state index in [1.807, 2.05) is 33.6 Å². The molecular weight excluding hydrogens is 270 g/mol. The van der Waals surface area contributed by atoms with Crippen LogP contribution in [0.1, 0.15) is 41.5 Å². The third-order valence-electron chi connectivity index (χ3n) is 2.79. The van der Waals surface area contributed by atoms with Crippen LogP contribution in [-0.2, 0) is 4.74 Å². The Labute approximate surface area is 128 Å². The lowest BCUT2D eigenvalue weighted by Gasteiger charge is -2.32. The highest BCUT2D eigenvalue weighted by Gasteiger charge is 2.30. The molecule has 0 aliphatic heterocycles. The largest absolute Gasteiger partial charge is 0.444 e. The smallest absolute Gasteiger partial charge is 0.407 e. The molecule has 1 fully saturated rings. The molecule has 1 saturated carbocycles. The Bertz CT molecular complexity index is 311. The highest BCUT2D eigenvalue weighted by atomic mass is 32.2. The number of ether oxygens (including phenoxy) is 1. The van der Waals surface area contributed by atoms with Gasteiger partial charge in [-0.05, 0) is 51.9 Å². The first-order valence-electron chi connectivity index (χ1n) is 6.92. The van der Waals surface area contributed by atoms with Gasteiger partial charge in [0.05, 0.1) is 0 Å². The first-order chi connectivity index (χ1) is 9.08. The lowest BCUT2D eigenvalue weighted by molar-refractivity contribution is 0.0475. The fourth-order valence-corrected chi connectivity index (χ4v) is 2.88. The Morgan fingerprint density at radius 2 is 1.75 bits per heavy atom. The summed E-state index contributed by atoms with van der Waals surface area (Å²) < 4.78 is 5.34. The number of alkyl carbamates (subject to hydrolysis) is 1. The minimum absolute atomic E-state index is 0.0174. The van der Waals surface area contributed by atoms with Gasteiger partial charge in [-0.2, -0.15) is 11.8 Å². The van der Waals surface area contributed by atoms with Crippen LogP contribution in [-0.4, -0.2) is 23.5 Å². The monoisotopic (exact) mass is 296 g/mol. The van der Waals surface area contributed by atoms with Crippen molar-refractivity contribution < 1.29 is 9.53 Å². The molecule has 1 atom stereocenters. The number of carbonyl (C=O) groups excluding carboxylic acids is 1. The van der Waals surface area contributed by atoms with Crippen molar-refractivity contribution in [3.05, 3.63) is 30.9 Å². The van der Waals surface area contributed by atoms with Crippen LogP contribution in [0.25, 0.3) is 0 Å². The summed E-state index contributed by atoms with van der Waals surface area (Å²) in [5.41, 5.74) is -0.484. The number of thioether (sulfide) groups is 1. The highest BCUT2D eigenvalue weighted by molar-refractivity contribution is 8.02. The highest BCUT2D eigenvalue weighted by Crippen LogP contribution is 2.36. The van der Waals surface area contributed by atoms with Crippen LogP contribution in [0, 0.1) is 36.3 Å². The SMILES string of the molecule is CC(C)(C)OC(=O)N[C@H](CS[C]1[CH][CH][CH][CH]1)C(C)(C)C. The maximum absolute atomic E-state index is 11.9. The number of hydrogen-bond donors (Lipinski definition) is 1. The zero-order valence-corrected chi connectivity index (χ0v) is 14.1. The fourth-order valence-electron chi connectivity index (χ4n) is 1.59. The van der Waals surface area contributed by atoms with Crippen molar-refractivity contribution in [3.63, 3.8) is 0 Å². The summed E-state index contributed by atoms with van der Waals surface area (Å²) in [5, 5.41) is 4.22. The first-order valence-corrected chi connectivity index (χ1v) is 7.90. The summed E-state index contributed by atoms with van der Waals surface area (Å²) in [6, 6.07) is 0.0530. The predicted octanol–water partition coefficient (Wildman–Crippen LogP) is 4.02. The Balaban J connectivity index is 2.49. The van der Waals surface area contributed by atoms with Crippen LogP contribution in [0.2, 0.25) is 0 Å². The van der Waals surface area contributed by atoms with E-state index in [2.05, 4.69) is 38.9 Å². The Hall–Kier alpha value is -0.380. The third kappa shape index (κ3) is 6.87. The van der Waals surface area contributed by atoms with E-state index >= 15 is 0 Å². The minimum atomic E-state index is -0.467. The molecule has 0 aromatic carbocycles. The topological polar surface area (TPSA) is 38.3 Å². The molecule has 0 spiro atoms. The van der Waals surface area contributed by atoms with E-state index in [1.165, 1.54) is 5.25 Å². The molecule has 1 aliphatic carbocycles. The second kappa shape index (κ2) is 7.06. The van der Waals surface area contributed by atoms with Crippen LogP contribution in [0.3, 0.4) is 0 Å². The Kier molecular flexibility index (Phi) is 6.24. The molecular formula is C16H26NO2S. The van der Waals surface area contributed by atoms with E-state index in [1.54, 1.807) is 11.8 Å². The van der Waals surface area contributed by atoms with E-state index in [9.17, 15) is 4.79 Å². The summed E-state index contributed by atoms with van der Waals surface area (Å²) in [6.45, 7) is 12.0. The lowest BCUT2D eigenvalue weighted by atomic mass is 9.88. The van der Waals surface area contributed by atoms with Gasteiger partial charge < -0.3 is 10.1 Å². The molecule has 1 amide bonds. The average molecular weight is 296 g/mol. The van der Waals surface area contributed by atoms with Gasteiger partial charge >= 0.3 is 6.09 Å². The number of hydrogen-bond acceptors (Lipinski definition) is 3. The van der Waals surface area contributed by atoms with Crippen molar-refractivity contribution in [2.24, 2.45) is 5.41 Å². The maximum Gasteiger partial charge on any atom is 0.407 e. The van der Waals surface area contributed by atoms with E-state index in [-0.39, 0.29) is 17.6 Å². The van der Waals surface area contributed by atoms with Gasteiger partial charge in [0.15, 0.2) is 0 Å². The number of amides is 1. The van der Waals surface area contributed by atoms with Gasteiger partial charge in [0.25, 0.3) is 0 Å². The number of carbonyl (C=O) groups is 1. The van der Waals surface area contributed by atoms with Crippen LogP contribution in [0.4, 0.5) is 4.79 Å². The van der Waals surface area contributed by atoms with Crippen molar-refractivity contribution in [2.45, 2.75) is 53.2 Å². The number of rotatable bonds is 4. The second-order valence-corrected chi connectivity index (χ2v) is 8.09. The summed E-state index contributed by atoms with van der Waals surface area (Å²) in [6.07, 6.45) is 7.86. The van der Waals surface area contributed by atoms with Gasteiger partial charge in [0.2, 0.25) is 0 Å². The molecule has 5 radical (unpaired) electrons. The van der Waals surface area contributed by atoms with Gasteiger partial charge in [0, 0.05) is 17.0 Å². The molecule has 1 N–H and O–H groups in total. The molecule has 1 rings (SSSR count). The van der Waals surface area contributed by atoms with Crippen molar-refractivity contribution in [3.8, 4) is 0 Å². The molecule has 0 bridgehead atoms. The average Bonchev–Trinajstić information content (AvgIpc) is 2.72. The quantitative estimate of drug-likeness (QED) is 0.851. The van der Waals surface area contributed by atoms with Crippen molar-refractivity contribution >= 4 is 17.9 Å². The predicted molar refractivity (Wildman–Crippen MR) is 85.5 cm³/mol. The molecule has 0 heterocycles. The van der Waals surface area contributed by atoms with Gasteiger partial charge in [-0.3, -0.25) is 0 Å². The van der Waals surface area contributed by atoms with Crippen molar-refractivity contribution in [1.29, 1.82) is 0 Å². The third-order valence-corrected chi connectivity index (χ3v) is 3.89. The zero-order valence-electron chi connectivity index (χ0n) is 13.3. The number of nitrogens with one attached hydrogen (secondary N) is 1. The van der Waals surface area contributed by atoms with E-state index in [0.717, 1.165) is 5.75 Å². The van der Waals surface area contributed by atoms with Gasteiger partial charge in [-0.15, -0.1) is 0 Å². The molecule has 20 heavy (non-hydrogen) atoms. The van der Waals surface area contributed by atoms with Crippen LogP contribution in [0.15, 0.2) is 0 Å². The summed E-state index contributed by atoms with van der Waals surface area (Å²) in [5.74, 6) is 0.826. The van der Waals surface area contributed by atoms with E-state index in [4.69, 9.17) is 4.74 Å². The van der Waals surface area contributed by atoms with Gasteiger partial charge in [-0.25, -0.2) is 4.79 Å². The molecule has 0 aromatic heterocycles. The molecule has 0 unspecified atom stereocenters. The lowest BCUT2D eigenvalue weighted by Crippen LogP contribution is -2.47. The van der Waals surface area contributed by atoms with Gasteiger partial charge in [0.1, 0.15) is 5.60 Å². The standard InChI is InChI=1S/C16H26NO2S/c1-15(2,3)13(11-20-12-9-7-8-10-12)17-14(18)19-16(4,5)6/h7-10,13H,11H2,1-6H3,(H,17,18)/t13-/m1/s1. The zero-order chi connectivity index (χ0) is 15.4. The molecule has 3 nitrogen and oxygen atoms in total. The molecule has 0 aromatic rings. The summed E-state index contributed by atoms with van der Waals surface area (Å²) >= 11 is 1.75. The molecule has 4 heteroatoms. The molecule has 1 aliphatic rings. The van der Waals surface area contributed by atoms with Crippen LogP contribution in [0.5, 0.6) is 0 Å². The molecule has 0 saturated heterocycles. The Morgan fingerprint density at radius 3 is 2.20 bits per heavy atom. The second-order valence-electron chi connectivity index (χ2n) is 7.00. The maximum atomic E-state index is 11.9.